The largest absolute Gasteiger partial charge is 0.329 e. The van der Waals surface area contributed by atoms with Crippen LogP contribution in [0.5, 0.6) is 0 Å². The molecule has 13 heavy (non-hydrogen) atoms. The summed E-state index contributed by atoms with van der Waals surface area (Å²) in [6.07, 6.45) is 0. The fourth-order valence-corrected chi connectivity index (χ4v) is 0.993. The van der Waals surface area contributed by atoms with Gasteiger partial charge < -0.3 is 5.73 Å². The Labute approximate surface area is 79.5 Å². The summed E-state index contributed by atoms with van der Waals surface area (Å²) in [4.78, 5) is 25.6. The van der Waals surface area contributed by atoms with E-state index in [1.165, 1.54) is 0 Å². The van der Waals surface area contributed by atoms with Crippen molar-refractivity contribution < 1.29 is 9.59 Å². The Morgan fingerprint density at radius 2 is 2.15 bits per heavy atom. The van der Waals surface area contributed by atoms with Gasteiger partial charge in [0, 0.05) is 6.54 Å². The molecule has 6 nitrogen and oxygen atoms in total. The Bertz CT molecular complexity index is 265. The molecule has 4 N–H and O–H groups in total. The van der Waals surface area contributed by atoms with Gasteiger partial charge in [-0.25, -0.2) is 4.79 Å². The molecule has 0 aromatic carbocycles. The zero-order chi connectivity index (χ0) is 9.84. The first-order valence-corrected chi connectivity index (χ1v) is 4.09. The lowest BCUT2D eigenvalue weighted by Gasteiger charge is -2.19. The average molecular weight is 205 g/mol. The number of imide groups is 1. The summed E-state index contributed by atoms with van der Waals surface area (Å²) < 4.78 is 0. The predicted octanol–water partition coefficient (Wildman–Crippen LogP) is -1.21. The average Bonchev–Trinajstić information content (AvgIpc) is 2.09. The first-order chi connectivity index (χ1) is 6.15. The number of amidine groups is 1. The van der Waals surface area contributed by atoms with E-state index >= 15 is 0 Å². The van der Waals surface area contributed by atoms with Crippen LogP contribution in [-0.4, -0.2) is 36.2 Å². The Morgan fingerprint density at radius 3 is 2.77 bits per heavy atom. The number of aliphatic imine (C=N–C) groups is 1. The van der Waals surface area contributed by atoms with E-state index in [0.717, 1.165) is 0 Å². The second-order valence-electron chi connectivity index (χ2n) is 2.36. The summed E-state index contributed by atoms with van der Waals surface area (Å²) in [7, 11) is 0. The molecule has 1 fully saturated rings. The monoisotopic (exact) mass is 204 g/mol. The highest BCUT2D eigenvalue weighted by Gasteiger charge is 2.29. The van der Waals surface area contributed by atoms with E-state index in [-0.39, 0.29) is 5.84 Å². The first-order valence-electron chi connectivity index (χ1n) is 3.65. The third kappa shape index (κ3) is 2.40. The van der Waals surface area contributed by atoms with Crippen molar-refractivity contribution in [2.45, 2.75) is 5.38 Å². The molecular formula is C6H9ClN4O2. The second kappa shape index (κ2) is 4.20. The van der Waals surface area contributed by atoms with Crippen LogP contribution in [0.1, 0.15) is 0 Å². The van der Waals surface area contributed by atoms with Gasteiger partial charge in [-0.15, -0.1) is 11.6 Å². The van der Waals surface area contributed by atoms with Crippen LogP contribution >= 0.6 is 11.6 Å². The zero-order valence-electron chi connectivity index (χ0n) is 6.71. The van der Waals surface area contributed by atoms with Gasteiger partial charge in [0.15, 0.2) is 5.38 Å². The highest BCUT2D eigenvalue weighted by molar-refractivity contribution is 6.45. The van der Waals surface area contributed by atoms with E-state index < -0.39 is 17.3 Å². The number of amides is 3. The van der Waals surface area contributed by atoms with Crippen molar-refractivity contribution in [2.75, 3.05) is 13.1 Å². The lowest BCUT2D eigenvalue weighted by atomic mass is 10.3. The summed E-state index contributed by atoms with van der Waals surface area (Å²) >= 11 is 5.64. The lowest BCUT2D eigenvalue weighted by Crippen LogP contribution is -2.56. The Balaban J connectivity index is 2.71. The SMILES string of the molecule is NCCN=C1NC(=O)NC(=O)C1Cl. The maximum Gasteiger partial charge on any atom is 0.326 e. The molecule has 1 saturated heterocycles. The number of hydrogen-bond acceptors (Lipinski definition) is 4. The van der Waals surface area contributed by atoms with E-state index in [2.05, 4.69) is 10.3 Å². The molecule has 1 rings (SSSR count). The van der Waals surface area contributed by atoms with Gasteiger partial charge in [-0.05, 0) is 0 Å². The van der Waals surface area contributed by atoms with E-state index in [1.54, 1.807) is 0 Å². The normalized spacial score (nSPS) is 25.7. The third-order valence-corrected chi connectivity index (χ3v) is 1.76. The Morgan fingerprint density at radius 1 is 1.46 bits per heavy atom. The molecule has 0 saturated carbocycles. The van der Waals surface area contributed by atoms with E-state index in [9.17, 15) is 9.59 Å². The van der Waals surface area contributed by atoms with Crippen LogP contribution < -0.4 is 16.4 Å². The van der Waals surface area contributed by atoms with Gasteiger partial charge in [0.25, 0.3) is 5.91 Å². The highest BCUT2D eigenvalue weighted by Crippen LogP contribution is 2.01. The van der Waals surface area contributed by atoms with Crippen LogP contribution in [0.4, 0.5) is 4.79 Å². The number of carbonyl (C=O) groups excluding carboxylic acids is 2. The molecule has 0 aliphatic carbocycles. The molecule has 7 heteroatoms. The summed E-state index contributed by atoms with van der Waals surface area (Å²) in [6, 6.07) is -0.613. The minimum atomic E-state index is -0.941. The van der Waals surface area contributed by atoms with Crippen LogP contribution in [0.2, 0.25) is 0 Å². The molecule has 1 atom stereocenters. The Kier molecular flexibility index (Phi) is 3.21. The number of nitrogens with one attached hydrogen (secondary N) is 2. The van der Waals surface area contributed by atoms with Crippen molar-refractivity contribution in [1.29, 1.82) is 0 Å². The van der Waals surface area contributed by atoms with Crippen molar-refractivity contribution in [1.82, 2.24) is 10.6 Å². The van der Waals surface area contributed by atoms with Gasteiger partial charge in [0.2, 0.25) is 0 Å². The number of rotatable bonds is 2. The fraction of sp³-hybridized carbons (Fsp3) is 0.500. The van der Waals surface area contributed by atoms with Crippen LogP contribution in [0.3, 0.4) is 0 Å². The molecule has 1 unspecified atom stereocenters. The van der Waals surface area contributed by atoms with Gasteiger partial charge >= 0.3 is 6.03 Å². The van der Waals surface area contributed by atoms with Crippen LogP contribution in [0.25, 0.3) is 0 Å². The predicted molar refractivity (Wildman–Crippen MR) is 47.7 cm³/mol. The minimum absolute atomic E-state index is 0.154. The number of halogens is 1. The van der Waals surface area contributed by atoms with Gasteiger partial charge in [-0.3, -0.25) is 20.4 Å². The summed E-state index contributed by atoms with van der Waals surface area (Å²) in [5, 5.41) is 3.38. The molecule has 0 aromatic heterocycles. The lowest BCUT2D eigenvalue weighted by molar-refractivity contribution is -0.118. The topological polar surface area (TPSA) is 96.6 Å². The van der Waals surface area contributed by atoms with Crippen molar-refractivity contribution in [2.24, 2.45) is 10.7 Å². The molecule has 0 aromatic rings. The first kappa shape index (κ1) is 9.94. The minimum Gasteiger partial charge on any atom is -0.329 e. The molecule has 3 amide bonds. The van der Waals surface area contributed by atoms with Crippen LogP contribution in [-0.2, 0) is 4.79 Å². The van der Waals surface area contributed by atoms with E-state index in [0.29, 0.717) is 13.1 Å². The van der Waals surface area contributed by atoms with Crippen molar-refractivity contribution in [3.63, 3.8) is 0 Å². The van der Waals surface area contributed by atoms with Gasteiger partial charge in [-0.2, -0.15) is 0 Å². The van der Waals surface area contributed by atoms with Crippen molar-refractivity contribution in [3.05, 3.63) is 0 Å². The molecule has 0 bridgehead atoms. The molecule has 1 aliphatic heterocycles. The van der Waals surface area contributed by atoms with Crippen molar-refractivity contribution in [3.8, 4) is 0 Å². The van der Waals surface area contributed by atoms with E-state index in [1.807, 2.05) is 5.32 Å². The van der Waals surface area contributed by atoms with Gasteiger partial charge in [0.05, 0.1) is 6.54 Å². The summed E-state index contributed by atoms with van der Waals surface area (Å²) in [5.74, 6) is -0.415. The standard InChI is InChI=1S/C6H9ClN4O2/c7-3-4(9-2-1-8)10-6(13)11-5(3)12/h3H,1-2,8H2,(H2,9,10,11,12,13). The molecule has 0 spiro atoms. The molecule has 0 radical (unpaired) electrons. The molecule has 1 heterocycles. The number of carbonyl (C=O) groups is 2. The molecular weight excluding hydrogens is 196 g/mol. The second-order valence-corrected chi connectivity index (χ2v) is 2.80. The highest BCUT2D eigenvalue weighted by atomic mass is 35.5. The van der Waals surface area contributed by atoms with Gasteiger partial charge in [0.1, 0.15) is 5.84 Å². The summed E-state index contributed by atoms with van der Waals surface area (Å²) in [5.41, 5.74) is 5.20. The van der Waals surface area contributed by atoms with Crippen molar-refractivity contribution >= 4 is 29.4 Å². The quantitative estimate of drug-likeness (QED) is 0.493. The fourth-order valence-electron chi connectivity index (χ4n) is 0.815. The number of hydrogen-bond donors (Lipinski definition) is 3. The van der Waals surface area contributed by atoms with E-state index in [4.69, 9.17) is 17.3 Å². The number of urea groups is 1. The Hall–Kier alpha value is -1.14. The number of nitrogens with zero attached hydrogens (tertiary/aromatic N) is 1. The third-order valence-electron chi connectivity index (χ3n) is 1.36. The maximum absolute atomic E-state index is 11.0. The summed E-state index contributed by atoms with van der Waals surface area (Å²) in [6.45, 7) is 0.663. The maximum atomic E-state index is 11.0. The smallest absolute Gasteiger partial charge is 0.326 e. The molecule has 1 aliphatic rings. The van der Waals surface area contributed by atoms with Gasteiger partial charge in [-0.1, -0.05) is 0 Å². The zero-order valence-corrected chi connectivity index (χ0v) is 7.47. The molecule has 72 valence electrons. The van der Waals surface area contributed by atoms with Crippen LogP contribution in [0, 0.1) is 0 Å². The van der Waals surface area contributed by atoms with Crippen LogP contribution in [0.15, 0.2) is 4.99 Å². The number of alkyl halides is 1. The number of nitrogens with two attached hydrogens (primary N) is 1.